The molecule has 1 atom stereocenters. The number of amides is 1. The number of carbonyl (C=O) groups excluding carboxylic acids is 1. The van der Waals surface area contributed by atoms with Gasteiger partial charge in [0, 0.05) is 11.6 Å². The van der Waals surface area contributed by atoms with E-state index in [9.17, 15) is 14.0 Å². The summed E-state index contributed by atoms with van der Waals surface area (Å²) in [5, 5.41) is 12.8. The van der Waals surface area contributed by atoms with E-state index < -0.39 is 23.7 Å². The molecule has 0 spiro atoms. The first-order valence-corrected chi connectivity index (χ1v) is 5.78. The van der Waals surface area contributed by atoms with Crippen LogP contribution in [-0.4, -0.2) is 40.1 Å². The molecule has 0 aliphatic carbocycles. The van der Waals surface area contributed by atoms with Crippen LogP contribution in [0.5, 0.6) is 0 Å². The number of amidine groups is 1. The van der Waals surface area contributed by atoms with Crippen LogP contribution >= 0.6 is 0 Å². The number of halogens is 1. The first-order valence-electron chi connectivity index (χ1n) is 5.78. The average Bonchev–Trinajstić information content (AvgIpc) is 2.40. The Morgan fingerprint density at radius 2 is 2.30 bits per heavy atom. The molecule has 2 N–H and O–H groups in total. The molecule has 0 aromatic heterocycles. The van der Waals surface area contributed by atoms with E-state index in [1.165, 1.54) is 29.4 Å². The van der Waals surface area contributed by atoms with Crippen LogP contribution in [0, 0.1) is 5.82 Å². The predicted octanol–water partition coefficient (Wildman–Crippen LogP) is 0.436. The maximum Gasteiger partial charge on any atom is 0.306 e. The van der Waals surface area contributed by atoms with Gasteiger partial charge < -0.3 is 10.0 Å². The molecule has 8 heteroatoms. The Morgan fingerprint density at radius 1 is 1.50 bits per heavy atom. The molecule has 7 nitrogen and oxygen atoms in total. The Bertz CT molecular complexity index is 671. The zero-order valence-electron chi connectivity index (χ0n) is 10.1. The molecule has 102 valence electrons. The molecule has 2 aliphatic rings. The second-order valence-corrected chi connectivity index (χ2v) is 4.34. The fourth-order valence-corrected chi connectivity index (χ4v) is 2.13. The van der Waals surface area contributed by atoms with Gasteiger partial charge in [-0.05, 0) is 12.1 Å². The summed E-state index contributed by atoms with van der Waals surface area (Å²) in [5.74, 6) is -1.71. The van der Waals surface area contributed by atoms with Crippen LogP contribution in [0.3, 0.4) is 0 Å². The molecule has 0 fully saturated rings. The molecule has 2 heterocycles. The third-order valence-electron chi connectivity index (χ3n) is 3.04. The number of nitrogens with zero attached hydrogens (tertiary/aromatic N) is 3. The first kappa shape index (κ1) is 12.3. The van der Waals surface area contributed by atoms with E-state index in [-0.39, 0.29) is 6.42 Å². The minimum atomic E-state index is -1.11. The number of carboxylic acids is 1. The number of aliphatic imine (C=N–C) groups is 1. The maximum atomic E-state index is 13.2. The van der Waals surface area contributed by atoms with Gasteiger partial charge in [0.25, 0.3) is 5.91 Å². The summed E-state index contributed by atoms with van der Waals surface area (Å²) in [5.41, 5.74) is 3.19. The zero-order chi connectivity index (χ0) is 14.3. The Hall–Kier alpha value is -2.77. The van der Waals surface area contributed by atoms with Crippen LogP contribution < -0.4 is 5.43 Å². The Labute approximate surface area is 112 Å². The van der Waals surface area contributed by atoms with Crippen LogP contribution in [0.4, 0.5) is 10.1 Å². The van der Waals surface area contributed by atoms with Crippen molar-refractivity contribution in [1.82, 2.24) is 10.3 Å². The average molecular weight is 276 g/mol. The van der Waals surface area contributed by atoms with Crippen molar-refractivity contribution in [2.45, 2.75) is 12.5 Å². The molecule has 0 saturated carbocycles. The fraction of sp³-hybridized carbons (Fsp3) is 0.167. The number of carboxylic acid groups (broad SMARTS) is 1. The summed E-state index contributed by atoms with van der Waals surface area (Å²) in [7, 11) is 0. The highest BCUT2D eigenvalue weighted by Gasteiger charge is 2.36. The number of hydrogen-bond donors (Lipinski definition) is 2. The number of aliphatic carboxylic acids is 1. The summed E-state index contributed by atoms with van der Waals surface area (Å²) < 4.78 is 13.2. The van der Waals surface area contributed by atoms with Gasteiger partial charge in [0.15, 0.2) is 5.84 Å². The van der Waals surface area contributed by atoms with E-state index in [2.05, 4.69) is 15.5 Å². The van der Waals surface area contributed by atoms with Crippen molar-refractivity contribution < 1.29 is 19.1 Å². The molecule has 3 rings (SSSR count). The molecule has 0 radical (unpaired) electrons. The van der Waals surface area contributed by atoms with Crippen molar-refractivity contribution in [3.8, 4) is 0 Å². The van der Waals surface area contributed by atoms with Crippen LogP contribution in [0.15, 0.2) is 28.3 Å². The minimum Gasteiger partial charge on any atom is -0.481 e. The van der Waals surface area contributed by atoms with E-state index in [0.29, 0.717) is 17.1 Å². The van der Waals surface area contributed by atoms with Gasteiger partial charge in [-0.25, -0.2) is 14.8 Å². The molecule has 1 aromatic rings. The largest absolute Gasteiger partial charge is 0.481 e. The van der Waals surface area contributed by atoms with Gasteiger partial charge in [0.2, 0.25) is 0 Å². The summed E-state index contributed by atoms with van der Waals surface area (Å²) in [6.07, 6.45) is 0.917. The van der Waals surface area contributed by atoms with Crippen LogP contribution in [0.1, 0.15) is 12.0 Å². The van der Waals surface area contributed by atoms with Crippen molar-refractivity contribution in [2.24, 2.45) is 10.1 Å². The highest BCUT2D eigenvalue weighted by molar-refractivity contribution is 6.14. The van der Waals surface area contributed by atoms with Gasteiger partial charge in [0.05, 0.1) is 18.4 Å². The number of carbonyl (C=O) groups is 2. The quantitative estimate of drug-likeness (QED) is 0.819. The van der Waals surface area contributed by atoms with Gasteiger partial charge >= 0.3 is 5.97 Å². The molecule has 0 saturated heterocycles. The number of hydrogen-bond acceptors (Lipinski definition) is 5. The highest BCUT2D eigenvalue weighted by atomic mass is 19.1. The predicted molar refractivity (Wildman–Crippen MR) is 67.1 cm³/mol. The van der Waals surface area contributed by atoms with Crippen molar-refractivity contribution in [3.05, 3.63) is 29.6 Å². The van der Waals surface area contributed by atoms with Gasteiger partial charge in [0.1, 0.15) is 11.9 Å². The standard InChI is InChI=1S/C12H9FN4O3/c13-6-1-2-7-8(3-6)14-5-17-9(4-10(18)19)12(20)16-15-11(7)17/h1-3,5,9H,4H2,(H,16,20)(H,18,19)/t9-/m1/s1. The van der Waals surface area contributed by atoms with E-state index in [4.69, 9.17) is 5.11 Å². The highest BCUT2D eigenvalue weighted by Crippen LogP contribution is 2.28. The van der Waals surface area contributed by atoms with Gasteiger partial charge in [-0.15, -0.1) is 0 Å². The van der Waals surface area contributed by atoms with E-state index >= 15 is 0 Å². The topological polar surface area (TPSA) is 94.4 Å². The van der Waals surface area contributed by atoms with E-state index in [0.717, 1.165) is 0 Å². The SMILES string of the molecule is O=C(O)C[C@@H]1C(=O)NN=C2c3ccc(F)cc3N=CN21. The molecule has 20 heavy (non-hydrogen) atoms. The molecular formula is C12H9FN4O3. The third-order valence-corrected chi connectivity index (χ3v) is 3.04. The van der Waals surface area contributed by atoms with Crippen LogP contribution in [0.2, 0.25) is 0 Å². The maximum absolute atomic E-state index is 13.2. The number of nitrogens with one attached hydrogen (secondary N) is 1. The normalized spacial score (nSPS) is 19.9. The molecular weight excluding hydrogens is 267 g/mol. The zero-order valence-corrected chi connectivity index (χ0v) is 10.1. The van der Waals surface area contributed by atoms with Crippen LogP contribution in [-0.2, 0) is 9.59 Å². The lowest BCUT2D eigenvalue weighted by Crippen LogP contribution is -2.54. The van der Waals surface area contributed by atoms with Gasteiger partial charge in [-0.3, -0.25) is 9.59 Å². The summed E-state index contributed by atoms with van der Waals surface area (Å²) in [6, 6.07) is 3.06. The molecule has 0 bridgehead atoms. The number of hydrazone groups is 1. The second-order valence-electron chi connectivity index (χ2n) is 4.34. The lowest BCUT2D eigenvalue weighted by Gasteiger charge is -2.34. The second kappa shape index (κ2) is 4.41. The Balaban J connectivity index is 2.04. The smallest absolute Gasteiger partial charge is 0.306 e. The Kier molecular flexibility index (Phi) is 2.70. The first-order chi connectivity index (χ1) is 9.56. The van der Waals surface area contributed by atoms with Gasteiger partial charge in [-0.2, -0.15) is 5.10 Å². The van der Waals surface area contributed by atoms with Gasteiger partial charge in [-0.1, -0.05) is 0 Å². The number of fused-ring (bicyclic) bond motifs is 3. The summed E-state index contributed by atoms with van der Waals surface area (Å²) in [4.78, 5) is 28.0. The number of rotatable bonds is 2. The lowest BCUT2D eigenvalue weighted by atomic mass is 10.1. The monoisotopic (exact) mass is 276 g/mol. The third kappa shape index (κ3) is 1.91. The fourth-order valence-electron chi connectivity index (χ4n) is 2.13. The van der Waals surface area contributed by atoms with Crippen molar-refractivity contribution >= 4 is 29.7 Å². The summed E-state index contributed by atoms with van der Waals surface area (Å²) in [6.45, 7) is 0. The van der Waals surface area contributed by atoms with Crippen LogP contribution in [0.25, 0.3) is 0 Å². The molecule has 0 unspecified atom stereocenters. The van der Waals surface area contributed by atoms with Crippen molar-refractivity contribution in [1.29, 1.82) is 0 Å². The molecule has 2 aliphatic heterocycles. The van der Waals surface area contributed by atoms with E-state index in [1.54, 1.807) is 0 Å². The molecule has 1 amide bonds. The summed E-state index contributed by atoms with van der Waals surface area (Å²) >= 11 is 0. The Morgan fingerprint density at radius 3 is 3.05 bits per heavy atom. The minimum absolute atomic E-state index is 0.348. The van der Waals surface area contributed by atoms with Crippen molar-refractivity contribution in [2.75, 3.05) is 0 Å². The number of benzene rings is 1. The lowest BCUT2D eigenvalue weighted by molar-refractivity contribution is -0.140. The molecule has 1 aromatic carbocycles. The van der Waals surface area contributed by atoms with Crippen molar-refractivity contribution in [3.63, 3.8) is 0 Å². The van der Waals surface area contributed by atoms with E-state index in [1.807, 2.05) is 0 Å².